The number of hydrogen-bond donors (Lipinski definition) is 1. The molecule has 0 bridgehead atoms. The molecule has 23 heavy (non-hydrogen) atoms. The first-order valence-electron chi connectivity index (χ1n) is 7.67. The summed E-state index contributed by atoms with van der Waals surface area (Å²) in [5.41, 5.74) is 1.99. The van der Waals surface area contributed by atoms with Gasteiger partial charge in [-0.25, -0.2) is 0 Å². The van der Waals surface area contributed by atoms with Crippen molar-refractivity contribution in [2.75, 3.05) is 12.4 Å². The summed E-state index contributed by atoms with van der Waals surface area (Å²) >= 11 is 0. The summed E-state index contributed by atoms with van der Waals surface area (Å²) in [7, 11) is 1.62. The Kier molecular flexibility index (Phi) is 4.57. The van der Waals surface area contributed by atoms with Crippen LogP contribution >= 0.6 is 0 Å². The van der Waals surface area contributed by atoms with Crippen LogP contribution in [-0.2, 0) is 11.2 Å². The molecule has 3 aromatic rings. The monoisotopic (exact) mass is 305 g/mol. The van der Waals surface area contributed by atoms with E-state index in [1.807, 2.05) is 42.5 Å². The zero-order valence-electron chi connectivity index (χ0n) is 13.1. The lowest BCUT2D eigenvalue weighted by atomic mass is 10.0. The van der Waals surface area contributed by atoms with Crippen LogP contribution in [0.5, 0.6) is 5.75 Å². The third-order valence-corrected chi connectivity index (χ3v) is 3.88. The minimum atomic E-state index is 0.0168. The lowest BCUT2D eigenvalue weighted by Crippen LogP contribution is -2.12. The Hall–Kier alpha value is -2.81. The van der Waals surface area contributed by atoms with Gasteiger partial charge in [-0.2, -0.15) is 0 Å². The Bertz CT molecular complexity index is 804. The first-order chi connectivity index (χ1) is 11.3. The van der Waals surface area contributed by atoms with E-state index >= 15 is 0 Å². The SMILES string of the molecule is COc1ccc(NC(=O)CCc2cccc3ccccc23)cc1. The quantitative estimate of drug-likeness (QED) is 0.758. The molecule has 0 fully saturated rings. The van der Waals surface area contributed by atoms with Gasteiger partial charge in [0, 0.05) is 12.1 Å². The van der Waals surface area contributed by atoms with Gasteiger partial charge in [-0.3, -0.25) is 4.79 Å². The van der Waals surface area contributed by atoms with Crippen LogP contribution in [0.25, 0.3) is 10.8 Å². The number of methoxy groups -OCH3 is 1. The summed E-state index contributed by atoms with van der Waals surface area (Å²) in [4.78, 5) is 12.1. The van der Waals surface area contributed by atoms with E-state index in [0.717, 1.165) is 17.9 Å². The Morgan fingerprint density at radius 3 is 2.48 bits per heavy atom. The van der Waals surface area contributed by atoms with Crippen molar-refractivity contribution in [1.29, 1.82) is 0 Å². The van der Waals surface area contributed by atoms with Crippen molar-refractivity contribution >= 4 is 22.4 Å². The van der Waals surface area contributed by atoms with Crippen molar-refractivity contribution in [3.63, 3.8) is 0 Å². The molecule has 0 unspecified atom stereocenters. The van der Waals surface area contributed by atoms with Gasteiger partial charge in [-0.05, 0) is 47.0 Å². The van der Waals surface area contributed by atoms with E-state index < -0.39 is 0 Å². The van der Waals surface area contributed by atoms with E-state index in [2.05, 4.69) is 29.6 Å². The van der Waals surface area contributed by atoms with Crippen molar-refractivity contribution in [2.24, 2.45) is 0 Å². The zero-order valence-corrected chi connectivity index (χ0v) is 13.1. The molecule has 0 aliphatic rings. The average Bonchev–Trinajstić information content (AvgIpc) is 2.60. The van der Waals surface area contributed by atoms with Gasteiger partial charge in [-0.1, -0.05) is 42.5 Å². The number of ether oxygens (including phenoxy) is 1. The van der Waals surface area contributed by atoms with E-state index in [1.54, 1.807) is 7.11 Å². The van der Waals surface area contributed by atoms with Gasteiger partial charge in [0.05, 0.1) is 7.11 Å². The van der Waals surface area contributed by atoms with Crippen LogP contribution in [0, 0.1) is 0 Å². The minimum Gasteiger partial charge on any atom is -0.497 e. The number of carbonyl (C=O) groups excluding carboxylic acids is 1. The van der Waals surface area contributed by atoms with Gasteiger partial charge in [0.2, 0.25) is 5.91 Å². The second-order valence-electron chi connectivity index (χ2n) is 5.41. The fourth-order valence-electron chi connectivity index (χ4n) is 2.66. The molecule has 0 saturated heterocycles. The maximum absolute atomic E-state index is 12.1. The van der Waals surface area contributed by atoms with Crippen molar-refractivity contribution in [2.45, 2.75) is 12.8 Å². The molecular weight excluding hydrogens is 286 g/mol. The van der Waals surface area contributed by atoms with E-state index in [9.17, 15) is 4.79 Å². The highest BCUT2D eigenvalue weighted by Gasteiger charge is 2.06. The Balaban J connectivity index is 1.63. The predicted molar refractivity (Wildman–Crippen MR) is 93.9 cm³/mol. The molecule has 0 radical (unpaired) electrons. The second kappa shape index (κ2) is 6.97. The highest BCUT2D eigenvalue weighted by atomic mass is 16.5. The smallest absolute Gasteiger partial charge is 0.224 e. The molecular formula is C20H19NO2. The molecule has 0 aromatic heterocycles. The van der Waals surface area contributed by atoms with Gasteiger partial charge in [0.25, 0.3) is 0 Å². The fourth-order valence-corrected chi connectivity index (χ4v) is 2.66. The number of aryl methyl sites for hydroxylation is 1. The Morgan fingerprint density at radius 1 is 0.957 bits per heavy atom. The van der Waals surface area contributed by atoms with E-state index in [-0.39, 0.29) is 5.91 Å². The van der Waals surface area contributed by atoms with Gasteiger partial charge in [0.15, 0.2) is 0 Å². The molecule has 1 amide bonds. The van der Waals surface area contributed by atoms with E-state index in [4.69, 9.17) is 4.74 Å². The number of hydrogen-bond acceptors (Lipinski definition) is 2. The molecule has 116 valence electrons. The highest BCUT2D eigenvalue weighted by Crippen LogP contribution is 2.20. The van der Waals surface area contributed by atoms with Crippen molar-refractivity contribution in [3.05, 3.63) is 72.3 Å². The maximum atomic E-state index is 12.1. The van der Waals surface area contributed by atoms with Crippen LogP contribution in [-0.4, -0.2) is 13.0 Å². The van der Waals surface area contributed by atoms with Crippen molar-refractivity contribution < 1.29 is 9.53 Å². The van der Waals surface area contributed by atoms with Crippen molar-refractivity contribution in [3.8, 4) is 5.75 Å². The van der Waals surface area contributed by atoms with Crippen LogP contribution in [0.1, 0.15) is 12.0 Å². The maximum Gasteiger partial charge on any atom is 0.224 e. The number of anilines is 1. The first-order valence-corrected chi connectivity index (χ1v) is 7.67. The molecule has 3 rings (SSSR count). The number of amides is 1. The first kappa shape index (κ1) is 15.1. The average molecular weight is 305 g/mol. The van der Waals surface area contributed by atoms with Crippen molar-refractivity contribution in [1.82, 2.24) is 0 Å². The molecule has 0 saturated carbocycles. The van der Waals surface area contributed by atoms with Gasteiger partial charge in [0.1, 0.15) is 5.75 Å². The molecule has 1 N–H and O–H groups in total. The van der Waals surface area contributed by atoms with Crippen LogP contribution in [0.2, 0.25) is 0 Å². The highest BCUT2D eigenvalue weighted by molar-refractivity contribution is 5.91. The van der Waals surface area contributed by atoms with Crippen LogP contribution in [0.3, 0.4) is 0 Å². The molecule has 0 spiro atoms. The number of benzene rings is 3. The fraction of sp³-hybridized carbons (Fsp3) is 0.150. The summed E-state index contributed by atoms with van der Waals surface area (Å²) in [6.45, 7) is 0. The van der Waals surface area contributed by atoms with Crippen LogP contribution in [0.4, 0.5) is 5.69 Å². The largest absolute Gasteiger partial charge is 0.497 e. The number of nitrogens with one attached hydrogen (secondary N) is 1. The van der Waals surface area contributed by atoms with Gasteiger partial charge >= 0.3 is 0 Å². The number of rotatable bonds is 5. The normalized spacial score (nSPS) is 10.5. The molecule has 0 heterocycles. The number of fused-ring (bicyclic) bond motifs is 1. The molecule has 0 aliphatic heterocycles. The van der Waals surface area contributed by atoms with E-state index in [1.165, 1.54) is 16.3 Å². The summed E-state index contributed by atoms with van der Waals surface area (Å²) in [5, 5.41) is 5.34. The lowest BCUT2D eigenvalue weighted by molar-refractivity contribution is -0.116. The standard InChI is InChI=1S/C20H19NO2/c1-23-18-12-10-17(11-13-18)21-20(22)14-9-16-7-4-6-15-5-2-3-8-19(15)16/h2-8,10-13H,9,14H2,1H3,(H,21,22). The number of carbonyl (C=O) groups is 1. The molecule has 3 aromatic carbocycles. The Labute approximate surface area is 135 Å². The zero-order chi connectivity index (χ0) is 16.1. The van der Waals surface area contributed by atoms with Gasteiger partial charge in [-0.15, -0.1) is 0 Å². The molecule has 0 atom stereocenters. The summed E-state index contributed by atoms with van der Waals surface area (Å²) in [6.07, 6.45) is 1.18. The molecule has 3 nitrogen and oxygen atoms in total. The summed E-state index contributed by atoms with van der Waals surface area (Å²) in [5.74, 6) is 0.793. The molecule has 3 heteroatoms. The second-order valence-corrected chi connectivity index (χ2v) is 5.41. The summed E-state index contributed by atoms with van der Waals surface area (Å²) in [6, 6.07) is 21.8. The van der Waals surface area contributed by atoms with Crippen LogP contribution in [0.15, 0.2) is 66.7 Å². The third-order valence-electron chi connectivity index (χ3n) is 3.88. The third kappa shape index (κ3) is 3.69. The minimum absolute atomic E-state index is 0.0168. The Morgan fingerprint density at radius 2 is 1.70 bits per heavy atom. The predicted octanol–water partition coefficient (Wildman–Crippen LogP) is 4.42. The van der Waals surface area contributed by atoms with E-state index in [0.29, 0.717) is 6.42 Å². The van der Waals surface area contributed by atoms with Gasteiger partial charge < -0.3 is 10.1 Å². The molecule has 0 aliphatic carbocycles. The summed E-state index contributed by atoms with van der Waals surface area (Å²) < 4.78 is 5.11. The lowest BCUT2D eigenvalue weighted by Gasteiger charge is -2.08. The topological polar surface area (TPSA) is 38.3 Å². The van der Waals surface area contributed by atoms with Crippen LogP contribution < -0.4 is 10.1 Å².